The Hall–Kier alpha value is -1.40. The molecular formula is C57H111NO5. The van der Waals surface area contributed by atoms with E-state index in [-0.39, 0.29) is 18.5 Å². The fourth-order valence-corrected chi connectivity index (χ4v) is 8.93. The van der Waals surface area contributed by atoms with Gasteiger partial charge in [0.25, 0.3) is 0 Å². The molecule has 0 aromatic rings. The molecule has 1 amide bonds. The quantitative estimate of drug-likeness (QED) is 0.0321. The number of hydrogen-bond acceptors (Lipinski definition) is 5. The van der Waals surface area contributed by atoms with Crippen LogP contribution in [0.1, 0.15) is 316 Å². The van der Waals surface area contributed by atoms with Crippen molar-refractivity contribution in [2.45, 2.75) is 328 Å². The zero-order chi connectivity index (χ0) is 45.8. The molecule has 3 N–H and O–H groups in total. The molecule has 0 rings (SSSR count). The van der Waals surface area contributed by atoms with E-state index in [1.54, 1.807) is 6.08 Å². The van der Waals surface area contributed by atoms with Gasteiger partial charge in [0, 0.05) is 12.8 Å². The molecule has 2 atom stereocenters. The van der Waals surface area contributed by atoms with E-state index in [0.29, 0.717) is 19.4 Å². The number of nitrogens with one attached hydrogen (secondary N) is 1. The van der Waals surface area contributed by atoms with Crippen LogP contribution in [0.25, 0.3) is 0 Å². The third-order valence-electron chi connectivity index (χ3n) is 13.3. The maximum atomic E-state index is 12.4. The minimum Gasteiger partial charge on any atom is -0.466 e. The van der Waals surface area contributed by atoms with Crippen molar-refractivity contribution in [3.63, 3.8) is 0 Å². The van der Waals surface area contributed by atoms with E-state index in [1.807, 2.05) is 6.08 Å². The SMILES string of the molecule is CCCCCCCCCC/C=C/C(O)C(CO)NC(=O)CCCCCCCCCCCCCCCCCCCOC(=O)CCCCCCCCCCCCCCCCCCCCC. The minimum atomic E-state index is -0.845. The first-order valence-electron chi connectivity index (χ1n) is 28.5. The second-order valence-corrected chi connectivity index (χ2v) is 19.6. The number of esters is 1. The van der Waals surface area contributed by atoms with Crippen molar-refractivity contribution >= 4 is 11.9 Å². The average Bonchev–Trinajstić information content (AvgIpc) is 3.28. The van der Waals surface area contributed by atoms with Gasteiger partial charge in [-0.25, -0.2) is 0 Å². The van der Waals surface area contributed by atoms with Crippen LogP contribution in [0.3, 0.4) is 0 Å². The zero-order valence-electron chi connectivity index (χ0n) is 42.6. The third kappa shape index (κ3) is 49.9. The lowest BCUT2D eigenvalue weighted by atomic mass is 10.0. The summed E-state index contributed by atoms with van der Waals surface area (Å²) in [6.07, 6.45) is 62.4. The zero-order valence-corrected chi connectivity index (χ0v) is 42.6. The molecule has 0 saturated carbocycles. The van der Waals surface area contributed by atoms with Gasteiger partial charge in [0.2, 0.25) is 5.91 Å². The standard InChI is InChI=1S/C57H111NO5/c1-3-5-7-9-11-13-15-16-17-18-19-22-25-28-31-35-39-43-47-51-57(62)63-52-48-44-40-36-32-29-26-23-20-21-24-27-30-34-38-42-46-50-56(61)58-54(53-59)55(60)49-45-41-37-33-14-12-10-8-6-4-2/h45,49,54-55,59-60H,3-44,46-48,50-53H2,1-2H3,(H,58,61)/b49-45+. The number of carbonyl (C=O) groups excluding carboxylic acids is 2. The van der Waals surface area contributed by atoms with Crippen LogP contribution in [0.5, 0.6) is 0 Å². The van der Waals surface area contributed by atoms with Gasteiger partial charge >= 0.3 is 5.97 Å². The van der Waals surface area contributed by atoms with Crippen molar-refractivity contribution in [1.82, 2.24) is 5.32 Å². The Kier molecular flexibility index (Phi) is 52.0. The highest BCUT2D eigenvalue weighted by molar-refractivity contribution is 5.76. The van der Waals surface area contributed by atoms with Crippen LogP contribution in [-0.4, -0.2) is 47.4 Å². The molecular weight excluding hydrogens is 779 g/mol. The summed E-state index contributed by atoms with van der Waals surface area (Å²) in [5, 5.41) is 23.0. The van der Waals surface area contributed by atoms with E-state index in [0.717, 1.165) is 38.5 Å². The molecule has 0 saturated heterocycles. The highest BCUT2D eigenvalue weighted by atomic mass is 16.5. The molecule has 0 heterocycles. The fraction of sp³-hybridized carbons (Fsp3) is 0.930. The van der Waals surface area contributed by atoms with Crippen molar-refractivity contribution < 1.29 is 24.5 Å². The lowest BCUT2D eigenvalue weighted by Gasteiger charge is -2.20. The lowest BCUT2D eigenvalue weighted by Crippen LogP contribution is -2.45. The number of allylic oxidation sites excluding steroid dienone is 1. The molecule has 0 bridgehead atoms. The number of rotatable bonds is 53. The van der Waals surface area contributed by atoms with E-state index in [9.17, 15) is 19.8 Å². The lowest BCUT2D eigenvalue weighted by molar-refractivity contribution is -0.143. The van der Waals surface area contributed by atoms with Gasteiger partial charge in [-0.1, -0.05) is 283 Å². The van der Waals surface area contributed by atoms with Crippen LogP contribution in [0, 0.1) is 0 Å². The van der Waals surface area contributed by atoms with Gasteiger partial charge in [-0.05, 0) is 32.1 Å². The van der Waals surface area contributed by atoms with E-state index in [1.165, 1.54) is 250 Å². The summed E-state index contributed by atoms with van der Waals surface area (Å²) in [7, 11) is 0. The molecule has 0 aliphatic heterocycles. The first kappa shape index (κ1) is 61.6. The Morgan fingerprint density at radius 2 is 0.730 bits per heavy atom. The summed E-state index contributed by atoms with van der Waals surface area (Å²) in [6.45, 7) is 4.89. The highest BCUT2D eigenvalue weighted by Crippen LogP contribution is 2.17. The van der Waals surface area contributed by atoms with Gasteiger partial charge < -0.3 is 20.3 Å². The average molecular weight is 891 g/mol. The Bertz CT molecular complexity index is 939. The molecule has 63 heavy (non-hydrogen) atoms. The molecule has 0 aliphatic rings. The van der Waals surface area contributed by atoms with Crippen LogP contribution in [0.15, 0.2) is 12.2 Å². The summed E-state index contributed by atoms with van der Waals surface area (Å²) in [4.78, 5) is 24.5. The van der Waals surface area contributed by atoms with Crippen LogP contribution >= 0.6 is 0 Å². The summed E-state index contributed by atoms with van der Waals surface area (Å²) < 4.78 is 5.49. The summed E-state index contributed by atoms with van der Waals surface area (Å²) in [6, 6.07) is -0.629. The summed E-state index contributed by atoms with van der Waals surface area (Å²) in [5.74, 6) is -0.0647. The Morgan fingerprint density at radius 1 is 0.429 bits per heavy atom. The molecule has 6 nitrogen and oxygen atoms in total. The number of amides is 1. The van der Waals surface area contributed by atoms with Gasteiger partial charge in [0.1, 0.15) is 0 Å². The van der Waals surface area contributed by atoms with Crippen molar-refractivity contribution in [1.29, 1.82) is 0 Å². The molecule has 6 heteroatoms. The van der Waals surface area contributed by atoms with E-state index < -0.39 is 12.1 Å². The van der Waals surface area contributed by atoms with Crippen LogP contribution in [0.2, 0.25) is 0 Å². The van der Waals surface area contributed by atoms with E-state index in [4.69, 9.17) is 4.74 Å². The fourth-order valence-electron chi connectivity index (χ4n) is 8.93. The predicted molar refractivity (Wildman–Crippen MR) is 273 cm³/mol. The Morgan fingerprint density at radius 3 is 1.08 bits per heavy atom. The molecule has 2 unspecified atom stereocenters. The Labute approximate surface area is 393 Å². The van der Waals surface area contributed by atoms with Crippen molar-refractivity contribution in [3.05, 3.63) is 12.2 Å². The van der Waals surface area contributed by atoms with E-state index in [2.05, 4.69) is 19.2 Å². The second-order valence-electron chi connectivity index (χ2n) is 19.6. The first-order valence-corrected chi connectivity index (χ1v) is 28.5. The summed E-state index contributed by atoms with van der Waals surface area (Å²) in [5.41, 5.74) is 0. The molecule has 0 aliphatic carbocycles. The number of unbranched alkanes of at least 4 members (excludes halogenated alkanes) is 42. The largest absolute Gasteiger partial charge is 0.466 e. The van der Waals surface area contributed by atoms with Gasteiger partial charge in [-0.2, -0.15) is 0 Å². The van der Waals surface area contributed by atoms with Crippen molar-refractivity contribution in [3.8, 4) is 0 Å². The smallest absolute Gasteiger partial charge is 0.305 e. The number of carbonyl (C=O) groups is 2. The van der Waals surface area contributed by atoms with Crippen LogP contribution in [-0.2, 0) is 14.3 Å². The van der Waals surface area contributed by atoms with E-state index >= 15 is 0 Å². The summed E-state index contributed by atoms with van der Waals surface area (Å²) >= 11 is 0. The number of ether oxygens (including phenoxy) is 1. The molecule has 0 aromatic carbocycles. The maximum Gasteiger partial charge on any atom is 0.305 e. The number of hydrogen-bond donors (Lipinski definition) is 3. The number of aliphatic hydroxyl groups is 2. The maximum absolute atomic E-state index is 12.4. The van der Waals surface area contributed by atoms with Crippen molar-refractivity contribution in [2.75, 3.05) is 13.2 Å². The third-order valence-corrected chi connectivity index (χ3v) is 13.3. The van der Waals surface area contributed by atoms with Crippen LogP contribution < -0.4 is 5.32 Å². The molecule has 374 valence electrons. The first-order chi connectivity index (χ1) is 31.0. The molecule has 0 aromatic heterocycles. The Balaban J connectivity index is 3.37. The molecule has 0 fully saturated rings. The topological polar surface area (TPSA) is 95.9 Å². The van der Waals surface area contributed by atoms with Crippen molar-refractivity contribution in [2.24, 2.45) is 0 Å². The monoisotopic (exact) mass is 890 g/mol. The number of aliphatic hydroxyl groups excluding tert-OH is 2. The van der Waals surface area contributed by atoms with Gasteiger partial charge in [0.15, 0.2) is 0 Å². The van der Waals surface area contributed by atoms with Gasteiger partial charge in [-0.3, -0.25) is 9.59 Å². The normalized spacial score (nSPS) is 12.6. The second kappa shape index (κ2) is 53.2. The predicted octanol–water partition coefficient (Wildman–Crippen LogP) is 17.3. The molecule has 0 radical (unpaired) electrons. The highest BCUT2D eigenvalue weighted by Gasteiger charge is 2.18. The molecule has 0 spiro atoms. The minimum absolute atomic E-state index is 0.00932. The van der Waals surface area contributed by atoms with Gasteiger partial charge in [0.05, 0.1) is 25.4 Å². The van der Waals surface area contributed by atoms with Gasteiger partial charge in [-0.15, -0.1) is 0 Å². The van der Waals surface area contributed by atoms with Crippen LogP contribution in [0.4, 0.5) is 0 Å².